The highest BCUT2D eigenvalue weighted by molar-refractivity contribution is 7.20. The maximum atomic E-state index is 14.1. The molecule has 1 amide bonds. The van der Waals surface area contributed by atoms with Gasteiger partial charge in [0.25, 0.3) is 5.91 Å². The van der Waals surface area contributed by atoms with E-state index in [1.165, 1.54) is 6.07 Å². The lowest BCUT2D eigenvalue weighted by atomic mass is 9.92. The minimum absolute atomic E-state index is 0.163. The van der Waals surface area contributed by atoms with Gasteiger partial charge < -0.3 is 5.32 Å². The number of thiophene rings is 1. The summed E-state index contributed by atoms with van der Waals surface area (Å²) < 4.78 is 27.9. The number of halogens is 3. The molecule has 2 aromatic rings. The first-order chi connectivity index (χ1) is 11.5. The van der Waals surface area contributed by atoms with Crippen LogP contribution in [0.4, 0.5) is 8.78 Å². The SMILES string of the molecule is O=C(N[C@@H]1C2CCN(C2)C12CC2)c1cc2cc(F)c(Cl)c(F)c2s1. The molecule has 1 aliphatic carbocycles. The lowest BCUT2D eigenvalue weighted by Crippen LogP contribution is -2.51. The van der Waals surface area contributed by atoms with Crippen molar-refractivity contribution >= 4 is 38.9 Å². The van der Waals surface area contributed by atoms with E-state index in [0.717, 1.165) is 43.7 Å². The highest BCUT2D eigenvalue weighted by Crippen LogP contribution is 2.55. The van der Waals surface area contributed by atoms with Crippen molar-refractivity contribution < 1.29 is 13.6 Å². The van der Waals surface area contributed by atoms with Crippen molar-refractivity contribution in [1.29, 1.82) is 0 Å². The molecular formula is C17H15ClF2N2OS. The number of carbonyl (C=O) groups excluding carboxylic acids is 1. The number of fused-ring (bicyclic) bond motifs is 4. The van der Waals surface area contributed by atoms with Crippen molar-refractivity contribution in [3.05, 3.63) is 33.7 Å². The highest BCUT2D eigenvalue weighted by atomic mass is 35.5. The first-order valence-corrected chi connectivity index (χ1v) is 9.32. The van der Waals surface area contributed by atoms with Gasteiger partial charge in [-0.1, -0.05) is 11.6 Å². The Morgan fingerprint density at radius 3 is 2.92 bits per heavy atom. The Hall–Kier alpha value is -1.24. The molecule has 1 aromatic heterocycles. The minimum atomic E-state index is -0.802. The maximum Gasteiger partial charge on any atom is 0.261 e. The summed E-state index contributed by atoms with van der Waals surface area (Å²) in [7, 11) is 0. The van der Waals surface area contributed by atoms with E-state index in [0.29, 0.717) is 16.2 Å². The van der Waals surface area contributed by atoms with Crippen molar-refractivity contribution in [1.82, 2.24) is 10.2 Å². The molecule has 2 unspecified atom stereocenters. The predicted octanol–water partition coefficient (Wildman–Crippen LogP) is 3.80. The minimum Gasteiger partial charge on any atom is -0.346 e. The van der Waals surface area contributed by atoms with Crippen molar-refractivity contribution in [3.63, 3.8) is 0 Å². The number of piperidine rings is 1. The molecule has 0 radical (unpaired) electrons. The van der Waals surface area contributed by atoms with Crippen molar-refractivity contribution in [2.45, 2.75) is 30.8 Å². The number of nitrogens with zero attached hydrogens (tertiary/aromatic N) is 1. The lowest BCUT2D eigenvalue weighted by molar-refractivity contribution is 0.0896. The molecule has 3 fully saturated rings. The summed E-state index contributed by atoms with van der Waals surface area (Å²) in [5, 5.41) is 3.03. The summed E-state index contributed by atoms with van der Waals surface area (Å²) in [4.78, 5) is 15.6. The molecule has 2 saturated heterocycles. The van der Waals surface area contributed by atoms with Crippen LogP contribution in [0.3, 0.4) is 0 Å². The Bertz CT molecular complexity index is 879. The first-order valence-electron chi connectivity index (χ1n) is 8.12. The van der Waals surface area contributed by atoms with E-state index < -0.39 is 16.7 Å². The van der Waals surface area contributed by atoms with Crippen molar-refractivity contribution in [3.8, 4) is 0 Å². The van der Waals surface area contributed by atoms with E-state index in [1.54, 1.807) is 6.07 Å². The molecule has 3 aliphatic rings. The van der Waals surface area contributed by atoms with Crippen LogP contribution in [0.2, 0.25) is 5.02 Å². The zero-order chi connectivity index (χ0) is 16.6. The molecule has 1 aromatic carbocycles. The first kappa shape index (κ1) is 15.0. The smallest absolute Gasteiger partial charge is 0.261 e. The van der Waals surface area contributed by atoms with Crippen LogP contribution in [0, 0.1) is 17.6 Å². The molecule has 1 spiro atoms. The molecule has 3 atom stereocenters. The summed E-state index contributed by atoms with van der Waals surface area (Å²) >= 11 is 6.65. The van der Waals surface area contributed by atoms with Crippen molar-refractivity contribution in [2.24, 2.45) is 5.92 Å². The second kappa shape index (κ2) is 4.90. The van der Waals surface area contributed by atoms with Crippen LogP contribution in [-0.2, 0) is 0 Å². The van der Waals surface area contributed by atoms with Gasteiger partial charge in [-0.05, 0) is 49.2 Å². The van der Waals surface area contributed by atoms with Crippen LogP contribution in [0.5, 0.6) is 0 Å². The lowest BCUT2D eigenvalue weighted by Gasteiger charge is -2.33. The van der Waals surface area contributed by atoms with E-state index in [4.69, 9.17) is 11.6 Å². The van der Waals surface area contributed by atoms with E-state index in [2.05, 4.69) is 10.2 Å². The summed E-state index contributed by atoms with van der Waals surface area (Å²) in [5.41, 5.74) is 0.163. The number of rotatable bonds is 2. The summed E-state index contributed by atoms with van der Waals surface area (Å²) in [6, 6.07) is 2.90. The van der Waals surface area contributed by atoms with Crippen LogP contribution < -0.4 is 5.32 Å². The second-order valence-corrected chi connectivity index (χ2v) is 8.49. The van der Waals surface area contributed by atoms with Crippen LogP contribution in [0.1, 0.15) is 28.9 Å². The van der Waals surface area contributed by atoms with E-state index in [1.807, 2.05) is 0 Å². The Morgan fingerprint density at radius 2 is 2.17 bits per heavy atom. The van der Waals surface area contributed by atoms with Crippen molar-refractivity contribution in [2.75, 3.05) is 13.1 Å². The number of carbonyl (C=O) groups is 1. The van der Waals surface area contributed by atoms with Crippen LogP contribution in [0.15, 0.2) is 12.1 Å². The summed E-state index contributed by atoms with van der Waals surface area (Å²) in [5.74, 6) is -1.28. The summed E-state index contributed by atoms with van der Waals surface area (Å²) in [6.45, 7) is 2.19. The monoisotopic (exact) mass is 368 g/mol. The zero-order valence-electron chi connectivity index (χ0n) is 12.7. The van der Waals surface area contributed by atoms with Gasteiger partial charge in [-0.15, -0.1) is 11.3 Å². The van der Waals surface area contributed by atoms with Crippen LogP contribution >= 0.6 is 22.9 Å². The fourth-order valence-corrected chi connectivity index (χ4v) is 5.71. The molecule has 7 heteroatoms. The topological polar surface area (TPSA) is 32.3 Å². The molecular weight excluding hydrogens is 354 g/mol. The second-order valence-electron chi connectivity index (χ2n) is 7.06. The fourth-order valence-electron chi connectivity index (χ4n) is 4.52. The van der Waals surface area contributed by atoms with E-state index >= 15 is 0 Å². The fraction of sp³-hybridized carbons (Fsp3) is 0.471. The van der Waals surface area contributed by atoms with Gasteiger partial charge in [0.15, 0.2) is 5.82 Å². The molecule has 2 bridgehead atoms. The van der Waals surface area contributed by atoms with Crippen LogP contribution in [0.25, 0.3) is 10.1 Å². The largest absolute Gasteiger partial charge is 0.346 e. The maximum absolute atomic E-state index is 14.1. The quantitative estimate of drug-likeness (QED) is 0.818. The van der Waals surface area contributed by atoms with Gasteiger partial charge in [0.05, 0.1) is 15.6 Å². The normalized spacial score (nSPS) is 29.5. The Kier molecular flexibility index (Phi) is 3.07. The molecule has 24 heavy (non-hydrogen) atoms. The molecule has 126 valence electrons. The number of nitrogens with one attached hydrogen (secondary N) is 1. The Morgan fingerprint density at radius 1 is 1.38 bits per heavy atom. The number of amides is 1. The average molecular weight is 369 g/mol. The standard InChI is InChI=1S/C17H15ClF2N2OS/c18-12-10(19)5-9-6-11(24-14(9)13(12)20)16(23)21-15-8-1-4-22(7-8)17(15)2-3-17/h5-6,8,15H,1-4,7H2,(H,21,23)/t8?,15-/m1/s1. The molecule has 5 rings (SSSR count). The van der Waals surface area contributed by atoms with Gasteiger partial charge >= 0.3 is 0 Å². The van der Waals surface area contributed by atoms with Gasteiger partial charge in [0, 0.05) is 12.1 Å². The molecule has 3 nitrogen and oxygen atoms in total. The van der Waals surface area contributed by atoms with Gasteiger partial charge in [0.1, 0.15) is 10.8 Å². The average Bonchev–Trinajstić information content (AvgIpc) is 2.94. The third kappa shape index (κ3) is 1.93. The van der Waals surface area contributed by atoms with Crippen LogP contribution in [-0.4, -0.2) is 35.5 Å². The van der Waals surface area contributed by atoms with Gasteiger partial charge in [-0.25, -0.2) is 8.78 Å². The van der Waals surface area contributed by atoms with E-state index in [-0.39, 0.29) is 22.2 Å². The predicted molar refractivity (Wildman–Crippen MR) is 89.7 cm³/mol. The van der Waals surface area contributed by atoms with E-state index in [9.17, 15) is 13.6 Å². The highest BCUT2D eigenvalue weighted by Gasteiger charge is 2.63. The van der Waals surface area contributed by atoms with Gasteiger partial charge in [-0.3, -0.25) is 9.69 Å². The molecule has 2 aliphatic heterocycles. The van der Waals surface area contributed by atoms with Gasteiger partial charge in [-0.2, -0.15) is 0 Å². The number of hydrogen-bond donors (Lipinski definition) is 1. The third-order valence-corrected chi connectivity index (χ3v) is 7.31. The molecule has 3 heterocycles. The Balaban J connectivity index is 1.45. The summed E-state index contributed by atoms with van der Waals surface area (Å²) in [6.07, 6.45) is 3.39. The zero-order valence-corrected chi connectivity index (χ0v) is 14.3. The third-order valence-electron chi connectivity index (χ3n) is 5.82. The van der Waals surface area contributed by atoms with Gasteiger partial charge in [0.2, 0.25) is 0 Å². The number of hydrogen-bond acceptors (Lipinski definition) is 3. The molecule has 1 saturated carbocycles. The molecule has 1 N–H and O–H groups in total. The number of benzene rings is 1. The Labute approximate surface area is 146 Å².